The summed E-state index contributed by atoms with van der Waals surface area (Å²) >= 11 is 0. The summed E-state index contributed by atoms with van der Waals surface area (Å²) in [4.78, 5) is 4.10. The summed E-state index contributed by atoms with van der Waals surface area (Å²) in [6.07, 6.45) is 5.32. The Morgan fingerprint density at radius 3 is 2.50 bits per heavy atom. The van der Waals surface area contributed by atoms with Gasteiger partial charge in [0.15, 0.2) is 0 Å². The molecule has 112 valence electrons. The van der Waals surface area contributed by atoms with Crippen LogP contribution in [0.3, 0.4) is 0 Å². The molecule has 0 aliphatic heterocycles. The number of nitrogens with zero attached hydrogens (tertiary/aromatic N) is 3. The van der Waals surface area contributed by atoms with E-state index < -0.39 is 11.6 Å². The third-order valence-electron chi connectivity index (χ3n) is 3.70. The summed E-state index contributed by atoms with van der Waals surface area (Å²) in [5.74, 6) is -1.12. The van der Waals surface area contributed by atoms with Gasteiger partial charge < -0.3 is 0 Å². The summed E-state index contributed by atoms with van der Waals surface area (Å²) in [6, 6.07) is 6.29. The smallest absolute Gasteiger partial charge is 0.129 e. The van der Waals surface area contributed by atoms with Crippen molar-refractivity contribution in [1.29, 1.82) is 0 Å². The molecule has 0 spiro atoms. The fraction of sp³-hybridized carbons (Fsp3) is 0.176. The molecule has 3 rings (SSSR count). The molecule has 0 saturated heterocycles. The van der Waals surface area contributed by atoms with E-state index in [-0.39, 0.29) is 5.56 Å². The van der Waals surface area contributed by atoms with Crippen LogP contribution in [-0.4, -0.2) is 14.8 Å². The molecule has 2 aromatic heterocycles. The number of aryl methyl sites for hydroxylation is 1. The zero-order valence-electron chi connectivity index (χ0n) is 12.3. The van der Waals surface area contributed by atoms with E-state index in [0.717, 1.165) is 11.1 Å². The lowest BCUT2D eigenvalue weighted by atomic mass is 10.1. The van der Waals surface area contributed by atoms with Gasteiger partial charge in [-0.05, 0) is 49.2 Å². The van der Waals surface area contributed by atoms with Crippen LogP contribution in [0, 0.1) is 25.5 Å². The molecule has 5 heteroatoms. The topological polar surface area (TPSA) is 30.7 Å². The van der Waals surface area contributed by atoms with Crippen molar-refractivity contribution in [1.82, 2.24) is 14.8 Å². The maximum atomic E-state index is 13.6. The molecule has 0 atom stereocenters. The lowest BCUT2D eigenvalue weighted by molar-refractivity contribution is 0.568. The minimum atomic E-state index is -0.562. The van der Waals surface area contributed by atoms with E-state index in [2.05, 4.69) is 10.1 Å². The van der Waals surface area contributed by atoms with Crippen molar-refractivity contribution in [2.75, 3.05) is 0 Å². The molecule has 0 N–H and O–H groups in total. The first kappa shape index (κ1) is 14.4. The molecular weight excluding hydrogens is 284 g/mol. The second kappa shape index (κ2) is 5.67. The monoisotopic (exact) mass is 299 g/mol. The van der Waals surface area contributed by atoms with Gasteiger partial charge in [0.2, 0.25) is 0 Å². The fourth-order valence-corrected chi connectivity index (χ4v) is 2.23. The molecule has 0 radical (unpaired) electrons. The van der Waals surface area contributed by atoms with Crippen molar-refractivity contribution >= 4 is 0 Å². The maximum Gasteiger partial charge on any atom is 0.129 e. The molecule has 3 nitrogen and oxygen atoms in total. The van der Waals surface area contributed by atoms with Crippen molar-refractivity contribution < 1.29 is 8.78 Å². The molecule has 3 aromatic rings. The number of pyridine rings is 1. The zero-order chi connectivity index (χ0) is 15.7. The number of hydrogen-bond acceptors (Lipinski definition) is 2. The summed E-state index contributed by atoms with van der Waals surface area (Å²) in [5, 5.41) is 4.38. The molecule has 1 aromatic carbocycles. The van der Waals surface area contributed by atoms with Crippen LogP contribution < -0.4 is 0 Å². The molecule has 0 unspecified atom stereocenters. The molecule has 0 amide bonds. The quantitative estimate of drug-likeness (QED) is 0.734. The Kier molecular flexibility index (Phi) is 3.71. The molecule has 0 aliphatic rings. The van der Waals surface area contributed by atoms with Gasteiger partial charge in [-0.15, -0.1) is 0 Å². The van der Waals surface area contributed by atoms with Crippen molar-refractivity contribution in [2.45, 2.75) is 20.4 Å². The van der Waals surface area contributed by atoms with Crippen molar-refractivity contribution in [3.63, 3.8) is 0 Å². The number of rotatable bonds is 3. The van der Waals surface area contributed by atoms with E-state index in [0.29, 0.717) is 17.8 Å². The van der Waals surface area contributed by atoms with Crippen molar-refractivity contribution in [3.05, 3.63) is 71.2 Å². The second-order valence-electron chi connectivity index (χ2n) is 5.27. The average molecular weight is 299 g/mol. The Labute approximate surface area is 127 Å². The third-order valence-corrected chi connectivity index (χ3v) is 3.70. The highest BCUT2D eigenvalue weighted by Crippen LogP contribution is 2.23. The number of benzene rings is 1. The maximum absolute atomic E-state index is 13.6. The third kappa shape index (κ3) is 2.74. The van der Waals surface area contributed by atoms with E-state index in [1.165, 1.54) is 19.1 Å². The molecular formula is C17H15F2N3. The van der Waals surface area contributed by atoms with Crippen LogP contribution in [0.1, 0.15) is 16.7 Å². The predicted octanol–water partition coefficient (Wildman–Crippen LogP) is 3.89. The summed E-state index contributed by atoms with van der Waals surface area (Å²) in [5.41, 5.74) is 3.17. The van der Waals surface area contributed by atoms with Gasteiger partial charge in [0, 0.05) is 29.7 Å². The van der Waals surface area contributed by atoms with E-state index in [4.69, 9.17) is 0 Å². The van der Waals surface area contributed by atoms with Crippen LogP contribution in [0.2, 0.25) is 0 Å². The average Bonchev–Trinajstić information content (AvgIpc) is 2.95. The highest BCUT2D eigenvalue weighted by Gasteiger charge is 2.10. The predicted molar refractivity (Wildman–Crippen MR) is 80.4 cm³/mol. The van der Waals surface area contributed by atoms with Gasteiger partial charge in [0.25, 0.3) is 0 Å². The van der Waals surface area contributed by atoms with Gasteiger partial charge >= 0.3 is 0 Å². The normalized spacial score (nSPS) is 10.9. The first-order valence-corrected chi connectivity index (χ1v) is 6.93. The molecule has 0 aliphatic carbocycles. The number of hydrogen-bond donors (Lipinski definition) is 0. The molecule has 22 heavy (non-hydrogen) atoms. The van der Waals surface area contributed by atoms with Crippen LogP contribution in [0.15, 0.2) is 42.9 Å². The van der Waals surface area contributed by atoms with Crippen LogP contribution in [0.4, 0.5) is 8.78 Å². The summed E-state index contributed by atoms with van der Waals surface area (Å²) in [6.45, 7) is 3.99. The Hall–Kier alpha value is -2.56. The first-order chi connectivity index (χ1) is 10.5. The Balaban J connectivity index is 1.90. The van der Waals surface area contributed by atoms with Gasteiger partial charge in [-0.1, -0.05) is 0 Å². The van der Waals surface area contributed by atoms with Crippen molar-refractivity contribution in [3.8, 4) is 11.3 Å². The Morgan fingerprint density at radius 1 is 1.09 bits per heavy atom. The van der Waals surface area contributed by atoms with E-state index in [9.17, 15) is 8.78 Å². The van der Waals surface area contributed by atoms with E-state index in [1.54, 1.807) is 29.3 Å². The first-order valence-electron chi connectivity index (χ1n) is 6.93. The molecule has 0 fully saturated rings. The van der Waals surface area contributed by atoms with Gasteiger partial charge in [-0.2, -0.15) is 5.10 Å². The van der Waals surface area contributed by atoms with Crippen LogP contribution >= 0.6 is 0 Å². The second-order valence-corrected chi connectivity index (χ2v) is 5.27. The number of aromatic nitrogens is 3. The summed E-state index contributed by atoms with van der Waals surface area (Å²) < 4.78 is 29.0. The minimum absolute atomic E-state index is 0.0224. The van der Waals surface area contributed by atoms with Crippen LogP contribution in [0.25, 0.3) is 11.3 Å². The largest absolute Gasteiger partial charge is 0.268 e. The van der Waals surface area contributed by atoms with E-state index >= 15 is 0 Å². The highest BCUT2D eigenvalue weighted by atomic mass is 19.1. The lowest BCUT2D eigenvalue weighted by Crippen LogP contribution is -2.02. The molecule has 0 bridgehead atoms. The molecule has 0 saturated carbocycles. The Morgan fingerprint density at radius 2 is 1.82 bits per heavy atom. The van der Waals surface area contributed by atoms with Crippen molar-refractivity contribution in [2.24, 2.45) is 0 Å². The standard InChI is InChI=1S/C17H15F2N3/c1-11-3-5-20-9-14(11)10-22-6-4-17(21-22)13-7-15(18)12(2)16(19)8-13/h3-9H,10H2,1-2H3. The zero-order valence-corrected chi connectivity index (χ0v) is 12.3. The summed E-state index contributed by atoms with van der Waals surface area (Å²) in [7, 11) is 0. The number of halogens is 2. The van der Waals surface area contributed by atoms with Gasteiger partial charge in [0.05, 0.1) is 12.2 Å². The minimum Gasteiger partial charge on any atom is -0.268 e. The molecule has 2 heterocycles. The van der Waals surface area contributed by atoms with Gasteiger partial charge in [-0.3, -0.25) is 9.67 Å². The Bertz CT molecular complexity index is 801. The van der Waals surface area contributed by atoms with Crippen LogP contribution in [-0.2, 0) is 6.54 Å². The lowest BCUT2D eigenvalue weighted by Gasteiger charge is -2.05. The van der Waals surface area contributed by atoms with Crippen LogP contribution in [0.5, 0.6) is 0 Å². The fourth-order valence-electron chi connectivity index (χ4n) is 2.23. The SMILES string of the molecule is Cc1ccncc1Cn1ccc(-c2cc(F)c(C)c(F)c2)n1. The van der Waals surface area contributed by atoms with Gasteiger partial charge in [0.1, 0.15) is 11.6 Å². The van der Waals surface area contributed by atoms with E-state index in [1.807, 2.05) is 13.0 Å². The van der Waals surface area contributed by atoms with Gasteiger partial charge in [-0.25, -0.2) is 8.78 Å². The highest BCUT2D eigenvalue weighted by molar-refractivity contribution is 5.59.